The Morgan fingerprint density at radius 3 is 2.52 bits per heavy atom. The van der Waals surface area contributed by atoms with E-state index in [1.807, 2.05) is 0 Å². The lowest BCUT2D eigenvalue weighted by Gasteiger charge is -2.16. The van der Waals surface area contributed by atoms with E-state index in [9.17, 15) is 13.6 Å². The third-order valence-corrected chi connectivity index (χ3v) is 2.99. The molecule has 0 saturated heterocycles. The summed E-state index contributed by atoms with van der Waals surface area (Å²) >= 11 is 0. The van der Waals surface area contributed by atoms with Gasteiger partial charge in [-0.1, -0.05) is 0 Å². The number of hydrogen-bond donors (Lipinski definition) is 2. The minimum Gasteiger partial charge on any atom is -0.491 e. The summed E-state index contributed by atoms with van der Waals surface area (Å²) in [6.07, 6.45) is 1.46. The van der Waals surface area contributed by atoms with Gasteiger partial charge in [0.05, 0.1) is 20.0 Å². The molecule has 0 bridgehead atoms. The Morgan fingerprint density at radius 2 is 2.00 bits per heavy atom. The van der Waals surface area contributed by atoms with Crippen molar-refractivity contribution < 1.29 is 27.5 Å². The van der Waals surface area contributed by atoms with Crippen LogP contribution in [0.3, 0.4) is 0 Å². The quantitative estimate of drug-likeness (QED) is 0.856. The summed E-state index contributed by atoms with van der Waals surface area (Å²) in [6, 6.07) is 4.07. The van der Waals surface area contributed by atoms with E-state index in [4.69, 9.17) is 9.15 Å². The zero-order chi connectivity index (χ0) is 16.8. The smallest absolute Gasteiger partial charge is 0.319 e. The van der Waals surface area contributed by atoms with E-state index >= 15 is 0 Å². The molecule has 1 aromatic carbocycles. The number of urea groups is 1. The molecule has 6 nitrogen and oxygen atoms in total. The zero-order valence-corrected chi connectivity index (χ0v) is 12.6. The Bertz CT molecular complexity index is 638. The lowest BCUT2D eigenvalue weighted by molar-refractivity contribution is 0.159. The Labute approximate surface area is 131 Å². The molecule has 2 aromatic rings. The molecule has 2 N–H and O–H groups in total. The van der Waals surface area contributed by atoms with E-state index in [-0.39, 0.29) is 12.3 Å². The van der Waals surface area contributed by atoms with Crippen molar-refractivity contribution >= 4 is 11.7 Å². The predicted octanol–water partition coefficient (Wildman–Crippen LogP) is 3.08. The zero-order valence-electron chi connectivity index (χ0n) is 12.6. The van der Waals surface area contributed by atoms with Crippen LogP contribution in [-0.4, -0.2) is 26.9 Å². The molecule has 2 amide bonds. The van der Waals surface area contributed by atoms with Crippen LogP contribution in [0.5, 0.6) is 5.75 Å². The summed E-state index contributed by atoms with van der Waals surface area (Å²) in [4.78, 5) is 12.0. The van der Waals surface area contributed by atoms with Gasteiger partial charge in [-0.2, -0.15) is 0 Å². The maximum absolute atomic E-state index is 13.6. The highest BCUT2D eigenvalue weighted by Gasteiger charge is 2.18. The van der Waals surface area contributed by atoms with E-state index in [0.717, 1.165) is 19.2 Å². The molecule has 1 atom stereocenters. The second kappa shape index (κ2) is 7.59. The third kappa shape index (κ3) is 4.19. The molecule has 0 fully saturated rings. The van der Waals surface area contributed by atoms with E-state index in [0.29, 0.717) is 5.76 Å². The molecular formula is C15H16F2N2O4. The maximum atomic E-state index is 13.6. The van der Waals surface area contributed by atoms with Gasteiger partial charge in [-0.15, -0.1) is 0 Å². The Morgan fingerprint density at radius 1 is 1.30 bits per heavy atom. The van der Waals surface area contributed by atoms with Crippen molar-refractivity contribution in [2.24, 2.45) is 0 Å². The van der Waals surface area contributed by atoms with Gasteiger partial charge in [-0.25, -0.2) is 13.6 Å². The molecule has 8 heteroatoms. The summed E-state index contributed by atoms with van der Waals surface area (Å²) in [5.74, 6) is -1.84. The number of benzene rings is 1. The van der Waals surface area contributed by atoms with Gasteiger partial charge >= 0.3 is 6.03 Å². The first-order chi connectivity index (χ1) is 11.0. The first kappa shape index (κ1) is 16.8. The van der Waals surface area contributed by atoms with Crippen LogP contribution in [0.2, 0.25) is 0 Å². The van der Waals surface area contributed by atoms with Crippen LogP contribution >= 0.6 is 0 Å². The third-order valence-electron chi connectivity index (χ3n) is 2.99. The highest BCUT2D eigenvalue weighted by Crippen LogP contribution is 2.25. The number of rotatable bonds is 6. The van der Waals surface area contributed by atoms with Gasteiger partial charge in [0.1, 0.15) is 11.8 Å². The number of furan rings is 1. The number of halogens is 2. The molecule has 23 heavy (non-hydrogen) atoms. The first-order valence-corrected chi connectivity index (χ1v) is 6.68. The van der Waals surface area contributed by atoms with Crippen molar-refractivity contribution in [1.82, 2.24) is 5.32 Å². The van der Waals surface area contributed by atoms with E-state index in [1.165, 1.54) is 13.4 Å². The molecule has 0 spiro atoms. The SMILES string of the molecule is COC[C@@H](NC(=O)Nc1cc(F)c(OC)c(F)c1)c1ccco1. The Kier molecular flexibility index (Phi) is 5.53. The van der Waals surface area contributed by atoms with Gasteiger partial charge < -0.3 is 24.5 Å². The highest BCUT2D eigenvalue weighted by atomic mass is 19.1. The topological polar surface area (TPSA) is 72.7 Å². The monoisotopic (exact) mass is 326 g/mol. The predicted molar refractivity (Wildman–Crippen MR) is 78.4 cm³/mol. The average Bonchev–Trinajstić information content (AvgIpc) is 3.00. The van der Waals surface area contributed by atoms with Crippen molar-refractivity contribution in [2.45, 2.75) is 6.04 Å². The molecule has 1 heterocycles. The number of hydrogen-bond acceptors (Lipinski definition) is 4. The maximum Gasteiger partial charge on any atom is 0.319 e. The molecule has 0 unspecified atom stereocenters. The van der Waals surface area contributed by atoms with Crippen LogP contribution in [0.1, 0.15) is 11.8 Å². The van der Waals surface area contributed by atoms with Gasteiger partial charge in [0.25, 0.3) is 0 Å². The van der Waals surface area contributed by atoms with Crippen molar-refractivity contribution in [3.63, 3.8) is 0 Å². The fourth-order valence-electron chi connectivity index (χ4n) is 2.00. The molecule has 0 aliphatic carbocycles. The van der Waals surface area contributed by atoms with Gasteiger partial charge in [0, 0.05) is 24.9 Å². The molecule has 0 saturated carbocycles. The van der Waals surface area contributed by atoms with Crippen LogP contribution in [0, 0.1) is 11.6 Å². The van der Waals surface area contributed by atoms with Crippen LogP contribution in [0.25, 0.3) is 0 Å². The first-order valence-electron chi connectivity index (χ1n) is 6.68. The number of carbonyl (C=O) groups is 1. The second-order valence-corrected chi connectivity index (χ2v) is 4.59. The molecular weight excluding hydrogens is 310 g/mol. The molecule has 0 aliphatic rings. The lowest BCUT2D eigenvalue weighted by Crippen LogP contribution is -2.34. The van der Waals surface area contributed by atoms with Gasteiger partial charge in [0.15, 0.2) is 17.4 Å². The standard InChI is InChI=1S/C15H16F2N2O4/c1-21-8-12(13-4-3-5-23-13)19-15(20)18-9-6-10(16)14(22-2)11(17)7-9/h3-7,12H,8H2,1-2H3,(H2,18,19,20)/t12-/m1/s1. The fraction of sp³-hybridized carbons (Fsp3) is 0.267. The minimum atomic E-state index is -0.915. The summed E-state index contributed by atoms with van der Waals surface area (Å²) in [5, 5.41) is 4.93. The van der Waals surface area contributed by atoms with Gasteiger partial charge in [-0.05, 0) is 12.1 Å². The summed E-state index contributed by atoms with van der Waals surface area (Å²) in [7, 11) is 2.63. The number of nitrogens with one attached hydrogen (secondary N) is 2. The number of anilines is 1. The van der Waals surface area contributed by atoms with E-state index in [1.54, 1.807) is 12.1 Å². The minimum absolute atomic E-state index is 0.0473. The van der Waals surface area contributed by atoms with E-state index < -0.39 is 29.5 Å². The average molecular weight is 326 g/mol. The van der Waals surface area contributed by atoms with Crippen LogP contribution < -0.4 is 15.4 Å². The van der Waals surface area contributed by atoms with Crippen molar-refractivity contribution in [2.75, 3.05) is 26.1 Å². The highest BCUT2D eigenvalue weighted by molar-refractivity contribution is 5.89. The van der Waals surface area contributed by atoms with E-state index in [2.05, 4.69) is 15.4 Å². The Hall–Kier alpha value is -2.61. The number of carbonyl (C=O) groups excluding carboxylic acids is 1. The molecule has 2 rings (SSSR count). The van der Waals surface area contributed by atoms with Crippen molar-refractivity contribution in [1.29, 1.82) is 0 Å². The lowest BCUT2D eigenvalue weighted by atomic mass is 10.2. The largest absolute Gasteiger partial charge is 0.491 e. The molecule has 124 valence electrons. The van der Waals surface area contributed by atoms with Crippen LogP contribution in [-0.2, 0) is 4.74 Å². The van der Waals surface area contributed by atoms with Gasteiger partial charge in [-0.3, -0.25) is 0 Å². The number of amides is 2. The number of ether oxygens (including phenoxy) is 2. The summed E-state index contributed by atoms with van der Waals surface area (Å²) in [5.41, 5.74) is -0.0473. The molecule has 0 radical (unpaired) electrons. The second-order valence-electron chi connectivity index (χ2n) is 4.59. The van der Waals surface area contributed by atoms with Crippen molar-refractivity contribution in [3.8, 4) is 5.75 Å². The van der Waals surface area contributed by atoms with Crippen molar-refractivity contribution in [3.05, 3.63) is 47.9 Å². The fourth-order valence-corrected chi connectivity index (χ4v) is 2.00. The number of methoxy groups -OCH3 is 2. The van der Waals surface area contributed by atoms with Gasteiger partial charge in [0.2, 0.25) is 0 Å². The molecule has 0 aliphatic heterocycles. The van der Waals surface area contributed by atoms with Crippen LogP contribution in [0.4, 0.5) is 19.3 Å². The molecule has 1 aromatic heterocycles. The normalized spacial score (nSPS) is 11.8. The summed E-state index contributed by atoms with van der Waals surface area (Å²) in [6.45, 7) is 0.173. The van der Waals surface area contributed by atoms with Crippen LogP contribution in [0.15, 0.2) is 34.9 Å². The summed E-state index contributed by atoms with van der Waals surface area (Å²) < 4.78 is 42.0. The Balaban J connectivity index is 2.06.